The van der Waals surface area contributed by atoms with Crippen LogP contribution in [0.2, 0.25) is 0 Å². The van der Waals surface area contributed by atoms with Crippen molar-refractivity contribution in [3.63, 3.8) is 0 Å². The van der Waals surface area contributed by atoms with Gasteiger partial charge in [-0.3, -0.25) is 5.32 Å². The molecule has 3 N–H and O–H groups in total. The highest BCUT2D eigenvalue weighted by Gasteiger charge is 2.30. The van der Waals surface area contributed by atoms with Crippen molar-refractivity contribution in [1.29, 1.82) is 0 Å². The molecule has 4 rings (SSSR count). The third kappa shape index (κ3) is 8.14. The number of alkyl halides is 3. The molecule has 0 radical (unpaired) electrons. The molecule has 11 heteroatoms. The fourth-order valence-electron chi connectivity index (χ4n) is 4.27. The summed E-state index contributed by atoms with van der Waals surface area (Å²) >= 11 is 5.33. The van der Waals surface area contributed by atoms with E-state index in [1.807, 2.05) is 43.3 Å². The molecule has 2 amide bonds. The van der Waals surface area contributed by atoms with Gasteiger partial charge in [-0.1, -0.05) is 44.2 Å². The Morgan fingerprint density at radius 2 is 1.80 bits per heavy atom. The molecule has 7 nitrogen and oxygen atoms in total. The molecule has 0 unspecified atom stereocenters. The van der Waals surface area contributed by atoms with Crippen molar-refractivity contribution in [2.45, 2.75) is 45.7 Å². The zero-order valence-corrected chi connectivity index (χ0v) is 23.7. The summed E-state index contributed by atoms with van der Waals surface area (Å²) in [6, 6.07) is 18.2. The Morgan fingerprint density at radius 3 is 2.51 bits per heavy atom. The lowest BCUT2D eigenvalue weighted by atomic mass is 9.99. The molecule has 1 aromatic heterocycles. The van der Waals surface area contributed by atoms with Crippen LogP contribution in [0, 0.1) is 6.92 Å². The van der Waals surface area contributed by atoms with Crippen molar-refractivity contribution in [1.82, 2.24) is 25.4 Å². The number of nitrogens with one attached hydrogen (secondary N) is 3. The quantitative estimate of drug-likeness (QED) is 0.154. The number of halogens is 3. The van der Waals surface area contributed by atoms with Gasteiger partial charge in [0, 0.05) is 17.8 Å². The molecule has 1 heterocycles. The Hall–Kier alpha value is -4.25. The van der Waals surface area contributed by atoms with Gasteiger partial charge in [0.25, 0.3) is 0 Å². The standard InChI is InChI=1S/C30H31F3N6OS/c1-19(2)25-14-9-20(3)16-26(25)36-29(41)37-28(40)34-15-5-7-21-6-4-8-22(17-21)27-35-18-39(38-27)24-12-10-23(11-13-24)30(31,32)33/h4,6,8-14,16-19H,5,7,15H2,1-3H3,(H3,34,36,37,40,41). The highest BCUT2D eigenvalue weighted by atomic mass is 32.1. The van der Waals surface area contributed by atoms with Crippen molar-refractivity contribution >= 4 is 29.0 Å². The van der Waals surface area contributed by atoms with Crippen LogP contribution >= 0.6 is 12.2 Å². The number of carbonyl (C=O) groups is 1. The lowest BCUT2D eigenvalue weighted by Crippen LogP contribution is -2.42. The fourth-order valence-corrected chi connectivity index (χ4v) is 4.47. The second-order valence-electron chi connectivity index (χ2n) is 9.94. The molecule has 0 spiro atoms. The Kier molecular flexibility index (Phi) is 9.38. The monoisotopic (exact) mass is 580 g/mol. The maximum absolute atomic E-state index is 12.8. The van der Waals surface area contributed by atoms with E-state index < -0.39 is 11.7 Å². The van der Waals surface area contributed by atoms with Crippen LogP contribution in [0.1, 0.15) is 48.4 Å². The number of anilines is 1. The van der Waals surface area contributed by atoms with Crippen molar-refractivity contribution in [2.75, 3.05) is 11.9 Å². The van der Waals surface area contributed by atoms with Crippen LogP contribution < -0.4 is 16.0 Å². The molecule has 0 saturated carbocycles. The van der Waals surface area contributed by atoms with Crippen LogP contribution in [0.15, 0.2) is 73.1 Å². The maximum Gasteiger partial charge on any atom is 0.416 e. The Bertz CT molecular complexity index is 1520. The van der Waals surface area contributed by atoms with E-state index in [-0.39, 0.29) is 11.1 Å². The second-order valence-corrected chi connectivity index (χ2v) is 10.3. The summed E-state index contributed by atoms with van der Waals surface area (Å²) in [7, 11) is 0. The van der Waals surface area contributed by atoms with Crippen molar-refractivity contribution in [2.24, 2.45) is 0 Å². The van der Waals surface area contributed by atoms with Gasteiger partial charge in [0.15, 0.2) is 10.9 Å². The second kappa shape index (κ2) is 12.9. The van der Waals surface area contributed by atoms with Gasteiger partial charge >= 0.3 is 12.2 Å². The number of hydrogen-bond acceptors (Lipinski definition) is 4. The summed E-state index contributed by atoms with van der Waals surface area (Å²) < 4.78 is 40.0. The number of amides is 2. The molecule has 0 aliphatic rings. The SMILES string of the molecule is Cc1ccc(C(C)C)c(NC(=S)NC(=O)NCCCc2cccc(-c3ncn(-c4ccc(C(F)(F)F)cc4)n3)c2)c1. The van der Waals surface area contributed by atoms with Crippen LogP contribution in [-0.2, 0) is 12.6 Å². The lowest BCUT2D eigenvalue weighted by molar-refractivity contribution is -0.137. The van der Waals surface area contributed by atoms with Crippen molar-refractivity contribution in [3.8, 4) is 17.1 Å². The fraction of sp³-hybridized carbons (Fsp3) is 0.267. The molecule has 0 atom stereocenters. The number of nitrogens with zero attached hydrogens (tertiary/aromatic N) is 3. The number of aryl methyl sites for hydroxylation is 2. The Balaban J connectivity index is 1.26. The summed E-state index contributed by atoms with van der Waals surface area (Å²) in [6.07, 6.45) is -1.53. The van der Waals surface area contributed by atoms with Gasteiger partial charge in [0.05, 0.1) is 11.3 Å². The van der Waals surface area contributed by atoms with E-state index in [4.69, 9.17) is 12.2 Å². The van der Waals surface area contributed by atoms with Crippen LogP contribution in [0.25, 0.3) is 17.1 Å². The zero-order chi connectivity index (χ0) is 29.6. The van der Waals surface area contributed by atoms with Gasteiger partial charge < -0.3 is 10.6 Å². The minimum Gasteiger partial charge on any atom is -0.338 e. The van der Waals surface area contributed by atoms with Gasteiger partial charge in [0.2, 0.25) is 0 Å². The molecule has 0 aliphatic carbocycles. The predicted octanol–water partition coefficient (Wildman–Crippen LogP) is 7.01. The number of benzene rings is 3. The van der Waals surface area contributed by atoms with E-state index in [2.05, 4.69) is 45.9 Å². The number of hydrogen-bond donors (Lipinski definition) is 3. The summed E-state index contributed by atoms with van der Waals surface area (Å²) in [6.45, 7) is 6.64. The van der Waals surface area contributed by atoms with E-state index >= 15 is 0 Å². The smallest absolute Gasteiger partial charge is 0.338 e. The largest absolute Gasteiger partial charge is 0.416 e. The maximum atomic E-state index is 12.8. The first-order chi connectivity index (χ1) is 19.5. The minimum absolute atomic E-state index is 0.228. The molecule has 4 aromatic rings. The molecular weight excluding hydrogens is 549 g/mol. The Morgan fingerprint density at radius 1 is 1.05 bits per heavy atom. The van der Waals surface area contributed by atoms with Crippen LogP contribution in [0.4, 0.5) is 23.7 Å². The van der Waals surface area contributed by atoms with E-state index in [1.165, 1.54) is 23.1 Å². The van der Waals surface area contributed by atoms with Crippen molar-refractivity contribution in [3.05, 3.63) is 95.3 Å². The van der Waals surface area contributed by atoms with Gasteiger partial charge in [0.1, 0.15) is 6.33 Å². The summed E-state index contributed by atoms with van der Waals surface area (Å²) in [5.74, 6) is 0.762. The first kappa shape index (κ1) is 29.7. The van der Waals surface area contributed by atoms with E-state index in [9.17, 15) is 18.0 Å². The Labute approximate surface area is 242 Å². The molecule has 0 fully saturated rings. The van der Waals surface area contributed by atoms with E-state index in [0.29, 0.717) is 36.8 Å². The molecule has 0 aliphatic heterocycles. The molecule has 0 saturated heterocycles. The van der Waals surface area contributed by atoms with E-state index in [0.717, 1.165) is 40.1 Å². The average Bonchev–Trinajstić information content (AvgIpc) is 3.41. The van der Waals surface area contributed by atoms with E-state index in [1.54, 1.807) is 0 Å². The predicted molar refractivity (Wildman–Crippen MR) is 158 cm³/mol. The average molecular weight is 581 g/mol. The number of carbonyl (C=O) groups excluding carboxylic acids is 1. The third-order valence-electron chi connectivity index (χ3n) is 6.37. The lowest BCUT2D eigenvalue weighted by Gasteiger charge is -2.16. The van der Waals surface area contributed by atoms with Crippen molar-refractivity contribution < 1.29 is 18.0 Å². The highest BCUT2D eigenvalue weighted by molar-refractivity contribution is 7.80. The van der Waals surface area contributed by atoms with Gasteiger partial charge in [-0.25, -0.2) is 14.5 Å². The van der Waals surface area contributed by atoms with Crippen LogP contribution in [-0.4, -0.2) is 32.5 Å². The number of rotatable bonds is 8. The van der Waals surface area contributed by atoms with Gasteiger partial charge in [-0.15, -0.1) is 5.10 Å². The summed E-state index contributed by atoms with van der Waals surface area (Å²) in [4.78, 5) is 16.7. The minimum atomic E-state index is -4.39. The molecule has 41 heavy (non-hydrogen) atoms. The van der Waals surface area contributed by atoms with Gasteiger partial charge in [-0.05, 0) is 91.0 Å². The van der Waals surface area contributed by atoms with Crippen LogP contribution in [0.3, 0.4) is 0 Å². The molecular formula is C30H31F3N6OS. The van der Waals surface area contributed by atoms with Crippen LogP contribution in [0.5, 0.6) is 0 Å². The molecule has 214 valence electrons. The molecule has 0 bridgehead atoms. The van der Waals surface area contributed by atoms with Gasteiger partial charge in [-0.2, -0.15) is 13.2 Å². The third-order valence-corrected chi connectivity index (χ3v) is 6.57. The first-order valence-corrected chi connectivity index (χ1v) is 13.6. The number of thiocarbonyl (C=S) groups is 1. The number of aromatic nitrogens is 3. The normalized spacial score (nSPS) is 11.4. The highest BCUT2D eigenvalue weighted by Crippen LogP contribution is 2.30. The summed E-state index contributed by atoms with van der Waals surface area (Å²) in [5.41, 5.74) is 4.67. The first-order valence-electron chi connectivity index (χ1n) is 13.1. The summed E-state index contributed by atoms with van der Waals surface area (Å²) in [5, 5.41) is 13.3. The zero-order valence-electron chi connectivity index (χ0n) is 22.9. The topological polar surface area (TPSA) is 83.9 Å². The number of urea groups is 1. The molecule has 3 aromatic carbocycles.